The number of piperazine rings is 1. The summed E-state index contributed by atoms with van der Waals surface area (Å²) in [5.41, 5.74) is 7.35. The molecule has 3 rings (SSSR count). The fourth-order valence-corrected chi connectivity index (χ4v) is 2.55. The number of nitrogens with one attached hydrogen (secondary N) is 1. The minimum Gasteiger partial charge on any atom is -0.397 e. The molecule has 96 valence electrons. The van der Waals surface area contributed by atoms with Crippen LogP contribution < -0.4 is 16.0 Å². The van der Waals surface area contributed by atoms with Crippen LogP contribution in [-0.4, -0.2) is 48.1 Å². The van der Waals surface area contributed by atoms with Crippen molar-refractivity contribution in [3.63, 3.8) is 0 Å². The Kier molecular flexibility index (Phi) is 2.50. The van der Waals surface area contributed by atoms with Crippen LogP contribution in [0.2, 0.25) is 0 Å². The van der Waals surface area contributed by atoms with Gasteiger partial charge in [0.05, 0.1) is 17.4 Å². The van der Waals surface area contributed by atoms with E-state index in [1.54, 1.807) is 0 Å². The van der Waals surface area contributed by atoms with Crippen molar-refractivity contribution in [2.75, 3.05) is 36.8 Å². The van der Waals surface area contributed by atoms with E-state index >= 15 is 0 Å². The highest BCUT2D eigenvalue weighted by Gasteiger charge is 2.35. The topological polar surface area (TPSA) is 74.5 Å². The van der Waals surface area contributed by atoms with Crippen LogP contribution in [0.5, 0.6) is 0 Å². The fourth-order valence-electron chi connectivity index (χ4n) is 2.55. The molecule has 0 aliphatic carbocycles. The first-order chi connectivity index (χ1) is 8.65. The van der Waals surface area contributed by atoms with Gasteiger partial charge < -0.3 is 20.9 Å². The van der Waals surface area contributed by atoms with Gasteiger partial charge >= 0.3 is 6.03 Å². The summed E-state index contributed by atoms with van der Waals surface area (Å²) in [7, 11) is 0. The summed E-state index contributed by atoms with van der Waals surface area (Å²) in [6.45, 7) is 5.04. The molecule has 2 fully saturated rings. The first kappa shape index (κ1) is 11.1. The molecule has 0 bridgehead atoms. The SMILES string of the molecule is Cc1nc(N2CCN3C(=O)NCC3C2)ccc1N. The first-order valence-electron chi connectivity index (χ1n) is 6.17. The molecule has 3 heterocycles. The van der Waals surface area contributed by atoms with E-state index < -0.39 is 0 Å². The number of hydrogen-bond donors (Lipinski definition) is 2. The standard InChI is InChI=1S/C12H17N5O/c1-8-10(13)2-3-11(15-8)16-4-5-17-9(7-16)6-14-12(17)18/h2-3,9H,4-7,13H2,1H3,(H,14,18). The van der Waals surface area contributed by atoms with Crippen molar-refractivity contribution in [2.24, 2.45) is 0 Å². The molecule has 1 unspecified atom stereocenters. The molecule has 2 saturated heterocycles. The second-order valence-corrected chi connectivity index (χ2v) is 4.82. The van der Waals surface area contributed by atoms with E-state index in [0.717, 1.165) is 43.4 Å². The monoisotopic (exact) mass is 247 g/mol. The van der Waals surface area contributed by atoms with Crippen molar-refractivity contribution >= 4 is 17.5 Å². The lowest BCUT2D eigenvalue weighted by atomic mass is 10.2. The predicted molar refractivity (Wildman–Crippen MR) is 69.5 cm³/mol. The van der Waals surface area contributed by atoms with Crippen LogP contribution in [0, 0.1) is 6.92 Å². The lowest BCUT2D eigenvalue weighted by molar-refractivity contribution is 0.197. The Hall–Kier alpha value is -1.98. The van der Waals surface area contributed by atoms with Gasteiger partial charge in [0.2, 0.25) is 0 Å². The number of hydrogen-bond acceptors (Lipinski definition) is 4. The zero-order chi connectivity index (χ0) is 12.7. The van der Waals surface area contributed by atoms with Gasteiger partial charge in [-0.2, -0.15) is 0 Å². The van der Waals surface area contributed by atoms with E-state index in [9.17, 15) is 4.79 Å². The highest BCUT2D eigenvalue weighted by molar-refractivity contribution is 5.77. The van der Waals surface area contributed by atoms with Gasteiger partial charge in [0.25, 0.3) is 0 Å². The third-order valence-corrected chi connectivity index (χ3v) is 3.67. The molecule has 1 aromatic rings. The normalized spacial score (nSPS) is 22.9. The average Bonchev–Trinajstić information content (AvgIpc) is 2.74. The molecule has 2 aliphatic heterocycles. The van der Waals surface area contributed by atoms with Gasteiger partial charge in [0.1, 0.15) is 5.82 Å². The van der Waals surface area contributed by atoms with Gasteiger partial charge in [0, 0.05) is 26.2 Å². The summed E-state index contributed by atoms with van der Waals surface area (Å²) in [4.78, 5) is 20.1. The number of carbonyl (C=O) groups excluding carboxylic acids is 1. The molecule has 18 heavy (non-hydrogen) atoms. The predicted octanol–water partition coefficient (Wildman–Crippen LogP) is 0.186. The molecule has 3 N–H and O–H groups in total. The van der Waals surface area contributed by atoms with E-state index in [0.29, 0.717) is 0 Å². The highest BCUT2D eigenvalue weighted by atomic mass is 16.2. The third-order valence-electron chi connectivity index (χ3n) is 3.67. The second-order valence-electron chi connectivity index (χ2n) is 4.82. The summed E-state index contributed by atoms with van der Waals surface area (Å²) in [6.07, 6.45) is 0. The van der Waals surface area contributed by atoms with Crippen molar-refractivity contribution in [2.45, 2.75) is 13.0 Å². The van der Waals surface area contributed by atoms with Crippen molar-refractivity contribution in [1.29, 1.82) is 0 Å². The number of nitrogens with two attached hydrogens (primary N) is 1. The van der Waals surface area contributed by atoms with Gasteiger partial charge in [0.15, 0.2) is 0 Å². The van der Waals surface area contributed by atoms with Crippen LogP contribution in [0.3, 0.4) is 0 Å². The van der Waals surface area contributed by atoms with Crippen molar-refractivity contribution < 1.29 is 4.79 Å². The maximum absolute atomic E-state index is 11.5. The number of nitrogen functional groups attached to an aromatic ring is 1. The van der Waals surface area contributed by atoms with Crippen molar-refractivity contribution in [3.8, 4) is 0 Å². The van der Waals surface area contributed by atoms with Crippen LogP contribution >= 0.6 is 0 Å². The maximum atomic E-state index is 11.5. The molecule has 0 saturated carbocycles. The zero-order valence-electron chi connectivity index (χ0n) is 10.4. The molecular weight excluding hydrogens is 230 g/mol. The minimum atomic E-state index is 0.0566. The Balaban J connectivity index is 1.78. The summed E-state index contributed by atoms with van der Waals surface area (Å²) in [6, 6.07) is 4.15. The lowest BCUT2D eigenvalue weighted by Gasteiger charge is -2.37. The number of rotatable bonds is 1. The quantitative estimate of drug-likeness (QED) is 0.742. The molecule has 1 atom stereocenters. The van der Waals surface area contributed by atoms with E-state index in [1.807, 2.05) is 24.0 Å². The lowest BCUT2D eigenvalue weighted by Crippen LogP contribution is -2.52. The van der Waals surface area contributed by atoms with E-state index in [1.165, 1.54) is 0 Å². The summed E-state index contributed by atoms with van der Waals surface area (Å²) >= 11 is 0. The van der Waals surface area contributed by atoms with Crippen LogP contribution in [0.25, 0.3) is 0 Å². The molecule has 0 aromatic carbocycles. The van der Waals surface area contributed by atoms with Crippen LogP contribution in [0.15, 0.2) is 12.1 Å². The number of aryl methyl sites for hydroxylation is 1. The summed E-state index contributed by atoms with van der Waals surface area (Å²) in [5.74, 6) is 0.945. The number of nitrogens with zero attached hydrogens (tertiary/aromatic N) is 3. The fraction of sp³-hybridized carbons (Fsp3) is 0.500. The number of carbonyl (C=O) groups is 1. The molecular formula is C12H17N5O. The minimum absolute atomic E-state index is 0.0566. The van der Waals surface area contributed by atoms with E-state index in [4.69, 9.17) is 5.73 Å². The number of urea groups is 1. The van der Waals surface area contributed by atoms with Crippen LogP contribution in [-0.2, 0) is 0 Å². The van der Waals surface area contributed by atoms with Crippen molar-refractivity contribution in [3.05, 3.63) is 17.8 Å². The van der Waals surface area contributed by atoms with Gasteiger partial charge in [-0.25, -0.2) is 9.78 Å². The molecule has 0 radical (unpaired) electrons. The zero-order valence-corrected chi connectivity index (χ0v) is 10.4. The molecule has 2 amide bonds. The Labute approximate surface area is 106 Å². The number of anilines is 2. The van der Waals surface area contributed by atoms with Gasteiger partial charge in [-0.05, 0) is 19.1 Å². The Bertz CT molecular complexity index is 489. The molecule has 0 spiro atoms. The Morgan fingerprint density at radius 3 is 3.06 bits per heavy atom. The largest absolute Gasteiger partial charge is 0.397 e. The van der Waals surface area contributed by atoms with Gasteiger partial charge in [-0.15, -0.1) is 0 Å². The smallest absolute Gasteiger partial charge is 0.317 e. The Morgan fingerprint density at radius 1 is 1.44 bits per heavy atom. The number of amides is 2. The second kappa shape index (κ2) is 4.04. The van der Waals surface area contributed by atoms with Crippen molar-refractivity contribution in [1.82, 2.24) is 15.2 Å². The average molecular weight is 247 g/mol. The Morgan fingerprint density at radius 2 is 2.28 bits per heavy atom. The van der Waals surface area contributed by atoms with E-state index in [-0.39, 0.29) is 12.1 Å². The molecule has 6 heteroatoms. The highest BCUT2D eigenvalue weighted by Crippen LogP contribution is 2.21. The molecule has 6 nitrogen and oxygen atoms in total. The molecule has 1 aromatic heterocycles. The van der Waals surface area contributed by atoms with Gasteiger partial charge in [-0.3, -0.25) is 0 Å². The van der Waals surface area contributed by atoms with Gasteiger partial charge in [-0.1, -0.05) is 0 Å². The summed E-state index contributed by atoms with van der Waals surface area (Å²) < 4.78 is 0. The van der Waals surface area contributed by atoms with Crippen LogP contribution in [0.1, 0.15) is 5.69 Å². The number of fused-ring (bicyclic) bond motifs is 1. The first-order valence-corrected chi connectivity index (χ1v) is 6.17. The van der Waals surface area contributed by atoms with Crippen LogP contribution in [0.4, 0.5) is 16.3 Å². The van der Waals surface area contributed by atoms with E-state index in [2.05, 4.69) is 15.2 Å². The number of pyridine rings is 1. The third kappa shape index (κ3) is 1.73. The summed E-state index contributed by atoms with van der Waals surface area (Å²) in [5, 5.41) is 2.87. The molecule has 2 aliphatic rings. The number of aromatic nitrogens is 1. The maximum Gasteiger partial charge on any atom is 0.317 e.